The molecule has 0 saturated carbocycles. The SMILES string of the molecule is CCOCc1ccc(NC(=O)C2(N)CCOCC2)cc1. The lowest BCUT2D eigenvalue weighted by atomic mass is 9.90. The van der Waals surface area contributed by atoms with Gasteiger partial charge in [0.15, 0.2) is 0 Å². The Labute approximate surface area is 119 Å². The van der Waals surface area contributed by atoms with Crippen LogP contribution in [0.1, 0.15) is 25.3 Å². The summed E-state index contributed by atoms with van der Waals surface area (Å²) in [7, 11) is 0. The van der Waals surface area contributed by atoms with Crippen LogP contribution in [-0.4, -0.2) is 31.3 Å². The largest absolute Gasteiger partial charge is 0.381 e. The van der Waals surface area contributed by atoms with Gasteiger partial charge in [-0.25, -0.2) is 0 Å². The molecular weight excluding hydrogens is 256 g/mol. The zero-order chi connectivity index (χ0) is 14.4. The van der Waals surface area contributed by atoms with Crippen LogP contribution in [0.3, 0.4) is 0 Å². The molecule has 0 spiro atoms. The van der Waals surface area contributed by atoms with Gasteiger partial charge in [0.1, 0.15) is 5.54 Å². The molecule has 0 aliphatic carbocycles. The average molecular weight is 278 g/mol. The van der Waals surface area contributed by atoms with Gasteiger partial charge in [-0.1, -0.05) is 12.1 Å². The van der Waals surface area contributed by atoms with Crippen LogP contribution in [0.25, 0.3) is 0 Å². The number of hydrogen-bond donors (Lipinski definition) is 2. The van der Waals surface area contributed by atoms with E-state index in [1.165, 1.54) is 0 Å². The smallest absolute Gasteiger partial charge is 0.244 e. The highest BCUT2D eigenvalue weighted by Gasteiger charge is 2.35. The monoisotopic (exact) mass is 278 g/mol. The summed E-state index contributed by atoms with van der Waals surface area (Å²) in [6, 6.07) is 7.63. The van der Waals surface area contributed by atoms with Gasteiger partial charge in [0.25, 0.3) is 0 Å². The fourth-order valence-electron chi connectivity index (χ4n) is 2.12. The fourth-order valence-corrected chi connectivity index (χ4v) is 2.12. The minimum absolute atomic E-state index is 0.140. The van der Waals surface area contributed by atoms with Gasteiger partial charge in [0.05, 0.1) is 6.61 Å². The molecule has 1 aliphatic rings. The first-order valence-electron chi connectivity index (χ1n) is 6.99. The van der Waals surface area contributed by atoms with Crippen molar-refractivity contribution in [3.63, 3.8) is 0 Å². The van der Waals surface area contributed by atoms with E-state index in [9.17, 15) is 4.79 Å². The van der Waals surface area contributed by atoms with Crippen molar-refractivity contribution in [1.29, 1.82) is 0 Å². The van der Waals surface area contributed by atoms with Crippen LogP contribution in [-0.2, 0) is 20.9 Å². The van der Waals surface area contributed by atoms with E-state index in [-0.39, 0.29) is 5.91 Å². The lowest BCUT2D eigenvalue weighted by molar-refractivity contribution is -0.124. The summed E-state index contributed by atoms with van der Waals surface area (Å²) < 4.78 is 10.6. The normalized spacial score (nSPS) is 17.7. The van der Waals surface area contributed by atoms with Crippen LogP contribution in [0.15, 0.2) is 24.3 Å². The first kappa shape index (κ1) is 15.0. The minimum Gasteiger partial charge on any atom is -0.381 e. The van der Waals surface area contributed by atoms with Gasteiger partial charge < -0.3 is 20.5 Å². The Kier molecular flexibility index (Phi) is 5.11. The van der Waals surface area contributed by atoms with E-state index in [0.717, 1.165) is 11.3 Å². The van der Waals surface area contributed by atoms with Gasteiger partial charge in [-0.3, -0.25) is 4.79 Å². The summed E-state index contributed by atoms with van der Waals surface area (Å²) in [5, 5.41) is 2.88. The van der Waals surface area contributed by atoms with Crippen LogP contribution in [0.4, 0.5) is 5.69 Å². The molecule has 20 heavy (non-hydrogen) atoms. The van der Waals surface area contributed by atoms with Gasteiger partial charge in [0, 0.05) is 25.5 Å². The molecule has 1 fully saturated rings. The molecule has 3 N–H and O–H groups in total. The van der Waals surface area contributed by atoms with Crippen LogP contribution in [0.5, 0.6) is 0 Å². The van der Waals surface area contributed by atoms with Gasteiger partial charge in [-0.15, -0.1) is 0 Å². The fraction of sp³-hybridized carbons (Fsp3) is 0.533. The van der Waals surface area contributed by atoms with Gasteiger partial charge in [0.2, 0.25) is 5.91 Å². The molecule has 0 radical (unpaired) electrons. The number of carbonyl (C=O) groups is 1. The van der Waals surface area contributed by atoms with E-state index in [1.807, 2.05) is 31.2 Å². The number of anilines is 1. The van der Waals surface area contributed by atoms with E-state index in [0.29, 0.717) is 39.3 Å². The summed E-state index contributed by atoms with van der Waals surface area (Å²) in [6.07, 6.45) is 1.11. The molecule has 0 aromatic heterocycles. The molecule has 5 nitrogen and oxygen atoms in total. The van der Waals surface area contributed by atoms with Crippen LogP contribution in [0.2, 0.25) is 0 Å². The Morgan fingerprint density at radius 3 is 2.60 bits per heavy atom. The van der Waals surface area contributed by atoms with E-state index in [4.69, 9.17) is 15.2 Å². The van der Waals surface area contributed by atoms with E-state index < -0.39 is 5.54 Å². The number of hydrogen-bond acceptors (Lipinski definition) is 4. The molecule has 0 unspecified atom stereocenters. The Morgan fingerprint density at radius 1 is 1.35 bits per heavy atom. The third kappa shape index (κ3) is 3.79. The van der Waals surface area contributed by atoms with Crippen molar-refractivity contribution in [3.05, 3.63) is 29.8 Å². The average Bonchev–Trinajstić information content (AvgIpc) is 2.47. The maximum atomic E-state index is 12.2. The van der Waals surface area contributed by atoms with Crippen LogP contribution >= 0.6 is 0 Å². The van der Waals surface area contributed by atoms with E-state index in [2.05, 4.69) is 5.32 Å². The number of amides is 1. The summed E-state index contributed by atoms with van der Waals surface area (Å²) in [6.45, 7) is 4.32. The summed E-state index contributed by atoms with van der Waals surface area (Å²) in [5.74, 6) is -0.140. The molecule has 0 bridgehead atoms. The zero-order valence-electron chi connectivity index (χ0n) is 11.9. The van der Waals surface area contributed by atoms with E-state index in [1.54, 1.807) is 0 Å². The van der Waals surface area contributed by atoms with Crippen molar-refractivity contribution in [2.24, 2.45) is 5.73 Å². The van der Waals surface area contributed by atoms with Crippen molar-refractivity contribution in [2.45, 2.75) is 31.9 Å². The first-order valence-corrected chi connectivity index (χ1v) is 6.99. The Morgan fingerprint density at radius 2 is 2.00 bits per heavy atom. The van der Waals surface area contributed by atoms with Crippen molar-refractivity contribution in [3.8, 4) is 0 Å². The van der Waals surface area contributed by atoms with E-state index >= 15 is 0 Å². The number of nitrogens with one attached hydrogen (secondary N) is 1. The molecule has 110 valence electrons. The van der Waals surface area contributed by atoms with Crippen LogP contribution in [0, 0.1) is 0 Å². The summed E-state index contributed by atoms with van der Waals surface area (Å²) >= 11 is 0. The quantitative estimate of drug-likeness (QED) is 0.859. The van der Waals surface area contributed by atoms with Crippen molar-refractivity contribution in [2.75, 3.05) is 25.1 Å². The first-order chi connectivity index (χ1) is 9.64. The molecule has 1 aliphatic heterocycles. The third-order valence-electron chi connectivity index (χ3n) is 3.52. The predicted octanol–water partition coefficient (Wildman–Crippen LogP) is 1.67. The zero-order valence-corrected chi connectivity index (χ0v) is 11.9. The standard InChI is InChI=1S/C15H22N2O3/c1-2-19-11-12-3-5-13(6-4-12)17-14(18)15(16)7-9-20-10-8-15/h3-6H,2,7-11,16H2,1H3,(H,17,18). The topological polar surface area (TPSA) is 73.6 Å². The second kappa shape index (κ2) is 6.83. The number of ether oxygens (including phenoxy) is 2. The molecule has 1 heterocycles. The molecule has 2 rings (SSSR count). The number of rotatable bonds is 5. The number of carbonyl (C=O) groups excluding carboxylic acids is 1. The highest BCUT2D eigenvalue weighted by atomic mass is 16.5. The molecule has 1 aromatic rings. The third-order valence-corrected chi connectivity index (χ3v) is 3.52. The molecule has 5 heteroatoms. The van der Waals surface area contributed by atoms with Gasteiger partial charge >= 0.3 is 0 Å². The van der Waals surface area contributed by atoms with Crippen molar-refractivity contribution in [1.82, 2.24) is 0 Å². The second-order valence-corrected chi connectivity index (χ2v) is 5.06. The molecule has 0 atom stereocenters. The summed E-state index contributed by atoms with van der Waals surface area (Å²) in [4.78, 5) is 12.2. The maximum absolute atomic E-state index is 12.2. The Hall–Kier alpha value is -1.43. The van der Waals surface area contributed by atoms with Crippen molar-refractivity contribution >= 4 is 11.6 Å². The lowest BCUT2D eigenvalue weighted by Crippen LogP contribution is -2.54. The molecular formula is C15H22N2O3. The number of nitrogens with two attached hydrogens (primary N) is 1. The van der Waals surface area contributed by atoms with Gasteiger partial charge in [-0.05, 0) is 37.5 Å². The van der Waals surface area contributed by atoms with Gasteiger partial charge in [-0.2, -0.15) is 0 Å². The highest BCUT2D eigenvalue weighted by Crippen LogP contribution is 2.20. The second-order valence-electron chi connectivity index (χ2n) is 5.06. The highest BCUT2D eigenvalue weighted by molar-refractivity contribution is 5.98. The predicted molar refractivity (Wildman–Crippen MR) is 77.4 cm³/mol. The minimum atomic E-state index is -0.817. The molecule has 1 saturated heterocycles. The van der Waals surface area contributed by atoms with Crippen LogP contribution < -0.4 is 11.1 Å². The molecule has 1 aromatic carbocycles. The maximum Gasteiger partial charge on any atom is 0.244 e. The van der Waals surface area contributed by atoms with Crippen molar-refractivity contribution < 1.29 is 14.3 Å². The Bertz CT molecular complexity index is 439. The Balaban J connectivity index is 1.93. The lowest BCUT2D eigenvalue weighted by Gasteiger charge is -2.31. The molecule has 1 amide bonds. The summed E-state index contributed by atoms with van der Waals surface area (Å²) in [5.41, 5.74) is 7.15. The number of benzene rings is 1.